The van der Waals surface area contributed by atoms with E-state index in [2.05, 4.69) is 24.9 Å². The Kier molecular flexibility index (Phi) is 3.15. The zero-order valence-electron chi connectivity index (χ0n) is 10.9. The van der Waals surface area contributed by atoms with Gasteiger partial charge in [-0.3, -0.25) is 0 Å². The number of benzene rings is 1. The van der Waals surface area contributed by atoms with E-state index in [0.717, 1.165) is 11.0 Å². The van der Waals surface area contributed by atoms with Crippen LogP contribution in [0, 0.1) is 6.92 Å². The van der Waals surface area contributed by atoms with Gasteiger partial charge in [0.25, 0.3) is 0 Å². The summed E-state index contributed by atoms with van der Waals surface area (Å²) < 4.78 is 4.96. The fourth-order valence-corrected chi connectivity index (χ4v) is 2.47. The molecule has 0 saturated heterocycles. The number of H-pyrrole nitrogens is 1. The third-order valence-corrected chi connectivity index (χ3v) is 3.35. The Morgan fingerprint density at radius 2 is 2.05 bits per heavy atom. The van der Waals surface area contributed by atoms with Crippen LogP contribution in [0.4, 0.5) is 5.95 Å². The number of rotatable bonds is 3. The van der Waals surface area contributed by atoms with Crippen molar-refractivity contribution >= 4 is 28.7 Å². The number of nitrogens with one attached hydrogen (secondary N) is 1. The first-order valence-electron chi connectivity index (χ1n) is 5.84. The van der Waals surface area contributed by atoms with Gasteiger partial charge >= 0.3 is 6.01 Å². The lowest BCUT2D eigenvalue weighted by molar-refractivity contribution is 0.374. The Hall–Kier alpha value is -2.35. The number of imidazole rings is 1. The molecule has 0 saturated carbocycles. The fourth-order valence-electron chi connectivity index (χ4n) is 1.72. The molecule has 3 aromatic rings. The zero-order chi connectivity index (χ0) is 14.1. The van der Waals surface area contributed by atoms with E-state index >= 15 is 0 Å². The Balaban J connectivity index is 1.94. The molecule has 7 nitrogen and oxygen atoms in total. The van der Waals surface area contributed by atoms with E-state index < -0.39 is 0 Å². The smallest absolute Gasteiger partial charge is 0.321 e. The molecule has 0 spiro atoms. The highest BCUT2D eigenvalue weighted by Gasteiger charge is 2.10. The van der Waals surface area contributed by atoms with Crippen molar-refractivity contribution in [2.75, 3.05) is 12.8 Å². The summed E-state index contributed by atoms with van der Waals surface area (Å²) in [5.74, 6) is 0.117. The largest absolute Gasteiger partial charge is 0.467 e. The Morgan fingerprint density at radius 3 is 2.85 bits per heavy atom. The van der Waals surface area contributed by atoms with Gasteiger partial charge in [0.2, 0.25) is 11.1 Å². The lowest BCUT2D eigenvalue weighted by Crippen LogP contribution is -2.01. The molecule has 0 unspecified atom stereocenters. The number of ether oxygens (including phenoxy) is 1. The minimum atomic E-state index is 0.117. The summed E-state index contributed by atoms with van der Waals surface area (Å²) in [6.45, 7) is 2.03. The minimum Gasteiger partial charge on any atom is -0.467 e. The van der Waals surface area contributed by atoms with Crippen molar-refractivity contribution in [2.45, 2.75) is 17.2 Å². The predicted molar refractivity (Wildman–Crippen MR) is 75.7 cm³/mol. The SMILES string of the molecule is COc1nc(N)nc(Sc2nc3ccc(C)cc3[nH]2)n1. The van der Waals surface area contributed by atoms with Gasteiger partial charge in [-0.15, -0.1) is 0 Å². The number of fused-ring (bicyclic) bond motifs is 1. The standard InChI is InChI=1S/C12H12N6OS/c1-6-3-4-7-8(5-6)15-11(14-7)20-12-17-9(13)16-10(18-12)19-2/h3-5H,1-2H3,(H,14,15)(H2,13,16,17,18). The second-order valence-corrected chi connectivity index (χ2v) is 5.08. The van der Waals surface area contributed by atoms with Crippen LogP contribution in [0.3, 0.4) is 0 Å². The molecule has 2 heterocycles. The number of aryl methyl sites for hydroxylation is 1. The van der Waals surface area contributed by atoms with Crippen LogP contribution in [0.2, 0.25) is 0 Å². The molecule has 20 heavy (non-hydrogen) atoms. The number of nitrogen functional groups attached to an aromatic ring is 1. The molecule has 3 rings (SSSR count). The molecule has 0 atom stereocenters. The Morgan fingerprint density at radius 1 is 1.20 bits per heavy atom. The van der Waals surface area contributed by atoms with E-state index in [0.29, 0.717) is 10.3 Å². The number of anilines is 1. The van der Waals surface area contributed by atoms with Crippen LogP contribution < -0.4 is 10.5 Å². The van der Waals surface area contributed by atoms with Crippen molar-refractivity contribution in [1.29, 1.82) is 0 Å². The molecule has 0 radical (unpaired) electrons. The highest BCUT2D eigenvalue weighted by atomic mass is 32.2. The molecule has 0 aliphatic carbocycles. The zero-order valence-corrected chi connectivity index (χ0v) is 11.7. The minimum absolute atomic E-state index is 0.117. The summed E-state index contributed by atoms with van der Waals surface area (Å²) in [5, 5.41) is 1.13. The van der Waals surface area contributed by atoms with Crippen molar-refractivity contribution in [3.8, 4) is 6.01 Å². The second kappa shape index (κ2) is 4.97. The van der Waals surface area contributed by atoms with Crippen LogP contribution in [0.15, 0.2) is 28.5 Å². The van der Waals surface area contributed by atoms with Crippen molar-refractivity contribution in [1.82, 2.24) is 24.9 Å². The Labute approximate surface area is 119 Å². The highest BCUT2D eigenvalue weighted by molar-refractivity contribution is 7.99. The van der Waals surface area contributed by atoms with Crippen molar-refractivity contribution < 1.29 is 4.74 Å². The van der Waals surface area contributed by atoms with E-state index in [-0.39, 0.29) is 12.0 Å². The van der Waals surface area contributed by atoms with Gasteiger partial charge < -0.3 is 15.5 Å². The summed E-state index contributed by atoms with van der Waals surface area (Å²) in [6.07, 6.45) is 0. The van der Waals surface area contributed by atoms with E-state index in [4.69, 9.17) is 10.5 Å². The molecule has 0 aliphatic rings. The fraction of sp³-hybridized carbons (Fsp3) is 0.167. The average Bonchev–Trinajstić information content (AvgIpc) is 2.79. The summed E-state index contributed by atoms with van der Waals surface area (Å²) in [7, 11) is 1.48. The van der Waals surface area contributed by atoms with Crippen LogP contribution in [0.1, 0.15) is 5.56 Å². The van der Waals surface area contributed by atoms with Gasteiger partial charge in [0.15, 0.2) is 5.16 Å². The first kappa shape index (κ1) is 12.7. The van der Waals surface area contributed by atoms with Gasteiger partial charge in [0, 0.05) is 0 Å². The van der Waals surface area contributed by atoms with Crippen molar-refractivity contribution in [3.63, 3.8) is 0 Å². The number of aromatic amines is 1. The molecule has 0 bridgehead atoms. The van der Waals surface area contributed by atoms with Crippen LogP contribution in [-0.2, 0) is 0 Å². The summed E-state index contributed by atoms with van der Waals surface area (Å²) >= 11 is 1.27. The average molecular weight is 288 g/mol. The summed E-state index contributed by atoms with van der Waals surface area (Å²) in [5.41, 5.74) is 8.64. The number of nitrogens with two attached hydrogens (primary N) is 1. The van der Waals surface area contributed by atoms with Gasteiger partial charge in [-0.2, -0.15) is 15.0 Å². The van der Waals surface area contributed by atoms with Gasteiger partial charge in [0.1, 0.15) is 0 Å². The van der Waals surface area contributed by atoms with E-state index in [9.17, 15) is 0 Å². The normalized spacial score (nSPS) is 10.9. The highest BCUT2D eigenvalue weighted by Crippen LogP contribution is 2.26. The molecule has 3 N–H and O–H groups in total. The topological polar surface area (TPSA) is 103 Å². The molecule has 8 heteroatoms. The van der Waals surface area contributed by atoms with Gasteiger partial charge in [-0.1, -0.05) is 6.07 Å². The molecule has 102 valence electrons. The number of hydrogen-bond acceptors (Lipinski definition) is 7. The maximum Gasteiger partial charge on any atom is 0.321 e. The molecule has 1 aromatic carbocycles. The van der Waals surface area contributed by atoms with Crippen molar-refractivity contribution in [2.24, 2.45) is 0 Å². The van der Waals surface area contributed by atoms with E-state index in [1.807, 2.05) is 25.1 Å². The molecular formula is C12H12N6OS. The van der Waals surface area contributed by atoms with E-state index in [1.165, 1.54) is 24.4 Å². The van der Waals surface area contributed by atoms with Crippen LogP contribution in [0.25, 0.3) is 11.0 Å². The Bertz CT molecular complexity index is 772. The van der Waals surface area contributed by atoms with Crippen LogP contribution in [0.5, 0.6) is 6.01 Å². The van der Waals surface area contributed by atoms with Crippen LogP contribution in [-0.4, -0.2) is 32.0 Å². The maximum absolute atomic E-state index is 5.60. The second-order valence-electron chi connectivity index (χ2n) is 4.13. The van der Waals surface area contributed by atoms with Gasteiger partial charge in [0.05, 0.1) is 18.1 Å². The van der Waals surface area contributed by atoms with Gasteiger partial charge in [-0.25, -0.2) is 4.98 Å². The lowest BCUT2D eigenvalue weighted by Gasteiger charge is -2.01. The van der Waals surface area contributed by atoms with Crippen molar-refractivity contribution in [3.05, 3.63) is 23.8 Å². The molecule has 0 aliphatic heterocycles. The third-order valence-electron chi connectivity index (χ3n) is 2.60. The first-order chi connectivity index (χ1) is 9.64. The number of hydrogen-bond donors (Lipinski definition) is 2. The van der Waals surface area contributed by atoms with Gasteiger partial charge in [-0.05, 0) is 36.4 Å². The quantitative estimate of drug-likeness (QED) is 0.757. The molecule has 0 amide bonds. The number of nitrogens with zero attached hydrogens (tertiary/aromatic N) is 4. The molecule has 2 aromatic heterocycles. The predicted octanol–water partition coefficient (Wildman–Crippen LogP) is 1.80. The maximum atomic E-state index is 5.60. The first-order valence-corrected chi connectivity index (χ1v) is 6.65. The summed E-state index contributed by atoms with van der Waals surface area (Å²) in [4.78, 5) is 19.7. The number of methoxy groups -OCH3 is 1. The third kappa shape index (κ3) is 2.50. The van der Waals surface area contributed by atoms with Crippen LogP contribution >= 0.6 is 11.8 Å². The summed E-state index contributed by atoms with van der Waals surface area (Å²) in [6, 6.07) is 6.20. The number of aromatic nitrogens is 5. The lowest BCUT2D eigenvalue weighted by atomic mass is 10.2. The monoisotopic (exact) mass is 288 g/mol. The van der Waals surface area contributed by atoms with E-state index in [1.54, 1.807) is 0 Å². The molecule has 0 fully saturated rings. The molecular weight excluding hydrogens is 276 g/mol.